The molecule has 0 aliphatic carbocycles. The standard InChI is InChI=1S/C20H29NO3S/c1-15(2)18(25-14-16-6-4-3-5-7-16)19(22)21-10-8-17(9-11-21)20-23-12-13-24-20/h3-7,15,17-18,20H,8-14H2,1-2H3. The first kappa shape index (κ1) is 18.7. The lowest BCUT2D eigenvalue weighted by molar-refractivity contribution is -0.137. The van der Waals surface area contributed by atoms with Crippen LogP contribution in [0.25, 0.3) is 0 Å². The molecule has 138 valence electrons. The number of likely N-dealkylation sites (tertiary alicyclic amines) is 1. The predicted molar refractivity (Wildman–Crippen MR) is 101 cm³/mol. The van der Waals surface area contributed by atoms with Gasteiger partial charge in [-0.1, -0.05) is 44.2 Å². The Morgan fingerprint density at radius 1 is 1.16 bits per heavy atom. The van der Waals surface area contributed by atoms with Gasteiger partial charge in [-0.3, -0.25) is 4.79 Å². The van der Waals surface area contributed by atoms with Crippen LogP contribution in [0.2, 0.25) is 0 Å². The molecule has 4 nitrogen and oxygen atoms in total. The van der Waals surface area contributed by atoms with E-state index in [-0.39, 0.29) is 11.5 Å². The van der Waals surface area contributed by atoms with Gasteiger partial charge in [0.05, 0.1) is 18.5 Å². The van der Waals surface area contributed by atoms with Crippen LogP contribution in [0.4, 0.5) is 0 Å². The number of amides is 1. The molecule has 0 N–H and O–H groups in total. The number of piperidine rings is 1. The van der Waals surface area contributed by atoms with Gasteiger partial charge in [0.1, 0.15) is 0 Å². The number of benzene rings is 1. The van der Waals surface area contributed by atoms with Crippen molar-refractivity contribution in [1.82, 2.24) is 4.90 Å². The van der Waals surface area contributed by atoms with E-state index in [0.29, 0.717) is 31.0 Å². The van der Waals surface area contributed by atoms with Gasteiger partial charge in [-0.25, -0.2) is 0 Å². The normalized spacial score (nSPS) is 21.0. The van der Waals surface area contributed by atoms with Crippen LogP contribution in [0.5, 0.6) is 0 Å². The van der Waals surface area contributed by atoms with E-state index in [1.807, 2.05) is 11.0 Å². The van der Waals surface area contributed by atoms with Crippen molar-refractivity contribution >= 4 is 17.7 Å². The third-order valence-electron chi connectivity index (χ3n) is 5.01. The highest BCUT2D eigenvalue weighted by Crippen LogP contribution is 2.30. The number of rotatable bonds is 6. The molecule has 1 unspecified atom stereocenters. The second kappa shape index (κ2) is 9.06. The first-order valence-corrected chi connectivity index (χ1v) is 10.4. The molecule has 25 heavy (non-hydrogen) atoms. The summed E-state index contributed by atoms with van der Waals surface area (Å²) in [4.78, 5) is 15.1. The van der Waals surface area contributed by atoms with Gasteiger partial charge < -0.3 is 14.4 Å². The third-order valence-corrected chi connectivity index (χ3v) is 6.61. The van der Waals surface area contributed by atoms with Gasteiger partial charge in [0.2, 0.25) is 5.91 Å². The van der Waals surface area contributed by atoms with Crippen LogP contribution in [-0.2, 0) is 20.0 Å². The summed E-state index contributed by atoms with van der Waals surface area (Å²) in [5.74, 6) is 1.94. The Balaban J connectivity index is 1.52. The Kier molecular flexibility index (Phi) is 6.79. The van der Waals surface area contributed by atoms with E-state index in [2.05, 4.69) is 38.1 Å². The SMILES string of the molecule is CC(C)C(SCc1ccccc1)C(=O)N1CCC(C2OCCO2)CC1. The zero-order valence-corrected chi connectivity index (χ0v) is 16.0. The maximum Gasteiger partial charge on any atom is 0.235 e. The molecule has 2 saturated heterocycles. The van der Waals surface area contributed by atoms with E-state index in [1.54, 1.807) is 11.8 Å². The molecule has 2 heterocycles. The van der Waals surface area contributed by atoms with Gasteiger partial charge in [-0.15, -0.1) is 11.8 Å². The van der Waals surface area contributed by atoms with Crippen molar-refractivity contribution in [3.8, 4) is 0 Å². The smallest absolute Gasteiger partial charge is 0.235 e. The number of carbonyl (C=O) groups excluding carboxylic acids is 1. The monoisotopic (exact) mass is 363 g/mol. The molecule has 1 atom stereocenters. The van der Waals surface area contributed by atoms with Crippen molar-refractivity contribution < 1.29 is 14.3 Å². The van der Waals surface area contributed by atoms with Crippen molar-refractivity contribution in [3.05, 3.63) is 35.9 Å². The summed E-state index contributed by atoms with van der Waals surface area (Å²) >= 11 is 1.77. The number of carbonyl (C=O) groups is 1. The van der Waals surface area contributed by atoms with Gasteiger partial charge in [0.15, 0.2) is 6.29 Å². The average molecular weight is 364 g/mol. The maximum absolute atomic E-state index is 13.0. The molecule has 0 aromatic heterocycles. The van der Waals surface area contributed by atoms with E-state index in [9.17, 15) is 4.79 Å². The second-order valence-electron chi connectivity index (χ2n) is 7.23. The number of hydrogen-bond acceptors (Lipinski definition) is 4. The minimum absolute atomic E-state index is 0.0238. The topological polar surface area (TPSA) is 38.8 Å². The summed E-state index contributed by atoms with van der Waals surface area (Å²) in [7, 11) is 0. The molecule has 5 heteroatoms. The van der Waals surface area contributed by atoms with E-state index in [4.69, 9.17) is 9.47 Å². The van der Waals surface area contributed by atoms with E-state index in [1.165, 1.54) is 5.56 Å². The third kappa shape index (κ3) is 4.99. The molecule has 1 amide bonds. The highest BCUT2D eigenvalue weighted by molar-refractivity contribution is 7.99. The zero-order chi connectivity index (χ0) is 17.6. The highest BCUT2D eigenvalue weighted by Gasteiger charge is 2.34. The summed E-state index contributed by atoms with van der Waals surface area (Å²) in [6.07, 6.45) is 1.90. The molecule has 3 rings (SSSR count). The van der Waals surface area contributed by atoms with Crippen LogP contribution in [0.1, 0.15) is 32.3 Å². The summed E-state index contributed by atoms with van der Waals surface area (Å²) in [5.41, 5.74) is 1.28. The lowest BCUT2D eigenvalue weighted by Crippen LogP contribution is -2.46. The Morgan fingerprint density at radius 3 is 2.40 bits per heavy atom. The van der Waals surface area contributed by atoms with Crippen molar-refractivity contribution in [3.63, 3.8) is 0 Å². The van der Waals surface area contributed by atoms with Crippen molar-refractivity contribution in [2.75, 3.05) is 26.3 Å². The number of hydrogen-bond donors (Lipinski definition) is 0. The van der Waals surface area contributed by atoms with Crippen LogP contribution in [0.15, 0.2) is 30.3 Å². The Morgan fingerprint density at radius 2 is 1.80 bits per heavy atom. The lowest BCUT2D eigenvalue weighted by Gasteiger charge is -2.36. The zero-order valence-electron chi connectivity index (χ0n) is 15.2. The first-order chi connectivity index (χ1) is 12.1. The largest absolute Gasteiger partial charge is 0.350 e. The minimum Gasteiger partial charge on any atom is -0.350 e. The van der Waals surface area contributed by atoms with Crippen LogP contribution in [0, 0.1) is 11.8 Å². The first-order valence-electron chi connectivity index (χ1n) is 9.32. The fourth-order valence-electron chi connectivity index (χ4n) is 3.53. The summed E-state index contributed by atoms with van der Waals surface area (Å²) in [5, 5.41) is 0.0238. The van der Waals surface area contributed by atoms with Crippen LogP contribution in [-0.4, -0.2) is 48.7 Å². The Hall–Kier alpha value is -1.04. The molecular formula is C20H29NO3S. The lowest BCUT2D eigenvalue weighted by atomic mass is 9.95. The molecule has 2 aliphatic rings. The molecule has 1 aromatic rings. The molecule has 0 spiro atoms. The van der Waals surface area contributed by atoms with Gasteiger partial charge >= 0.3 is 0 Å². The van der Waals surface area contributed by atoms with Gasteiger partial charge in [-0.05, 0) is 24.3 Å². The van der Waals surface area contributed by atoms with E-state index >= 15 is 0 Å². The molecule has 0 saturated carbocycles. The summed E-state index contributed by atoms with van der Waals surface area (Å²) in [6.45, 7) is 7.34. The van der Waals surface area contributed by atoms with Crippen molar-refractivity contribution in [1.29, 1.82) is 0 Å². The number of thioether (sulfide) groups is 1. The minimum atomic E-state index is -0.0504. The average Bonchev–Trinajstić information content (AvgIpc) is 3.17. The summed E-state index contributed by atoms with van der Waals surface area (Å²) in [6, 6.07) is 10.4. The fraction of sp³-hybridized carbons (Fsp3) is 0.650. The molecule has 1 aromatic carbocycles. The molecule has 2 aliphatic heterocycles. The van der Waals surface area contributed by atoms with Gasteiger partial charge in [0, 0.05) is 24.8 Å². The summed E-state index contributed by atoms with van der Waals surface area (Å²) < 4.78 is 11.3. The predicted octanol–water partition coefficient (Wildman–Crippen LogP) is 3.56. The van der Waals surface area contributed by atoms with Gasteiger partial charge in [-0.2, -0.15) is 0 Å². The molecular weight excluding hydrogens is 334 g/mol. The molecule has 0 bridgehead atoms. The van der Waals surface area contributed by atoms with E-state index in [0.717, 1.165) is 31.7 Å². The van der Waals surface area contributed by atoms with Crippen LogP contribution >= 0.6 is 11.8 Å². The van der Waals surface area contributed by atoms with Crippen molar-refractivity contribution in [2.24, 2.45) is 11.8 Å². The Labute approximate surface area is 155 Å². The van der Waals surface area contributed by atoms with Gasteiger partial charge in [0.25, 0.3) is 0 Å². The quantitative estimate of drug-likeness (QED) is 0.775. The molecule has 2 fully saturated rings. The van der Waals surface area contributed by atoms with E-state index < -0.39 is 0 Å². The number of ether oxygens (including phenoxy) is 2. The number of nitrogens with zero attached hydrogens (tertiary/aromatic N) is 1. The fourth-order valence-corrected chi connectivity index (χ4v) is 4.77. The maximum atomic E-state index is 13.0. The van der Waals surface area contributed by atoms with Crippen LogP contribution in [0.3, 0.4) is 0 Å². The highest BCUT2D eigenvalue weighted by atomic mass is 32.2. The van der Waals surface area contributed by atoms with Crippen LogP contribution < -0.4 is 0 Å². The molecule has 0 radical (unpaired) electrons. The Bertz CT molecular complexity index is 537. The second-order valence-corrected chi connectivity index (χ2v) is 8.36. The van der Waals surface area contributed by atoms with Crippen molar-refractivity contribution in [2.45, 2.75) is 44.0 Å².